The van der Waals surface area contributed by atoms with Crippen LogP contribution < -0.4 is 10.2 Å². The topological polar surface area (TPSA) is 65.4 Å². The lowest BCUT2D eigenvalue weighted by Crippen LogP contribution is -2.43. The van der Waals surface area contributed by atoms with Crippen LogP contribution in [-0.2, 0) is 9.53 Å². The zero-order valence-electron chi connectivity index (χ0n) is 11.1. The van der Waals surface area contributed by atoms with Gasteiger partial charge in [-0.2, -0.15) is 5.26 Å². The molecule has 0 saturated carbocycles. The lowest BCUT2D eigenvalue weighted by molar-refractivity contribution is -0.122. The van der Waals surface area contributed by atoms with E-state index in [1.807, 2.05) is 13.1 Å². The van der Waals surface area contributed by atoms with Crippen LogP contribution in [0.2, 0.25) is 0 Å². The van der Waals surface area contributed by atoms with Gasteiger partial charge in [-0.05, 0) is 25.2 Å². The zero-order chi connectivity index (χ0) is 13.8. The van der Waals surface area contributed by atoms with Gasteiger partial charge in [-0.1, -0.05) is 6.07 Å². The Morgan fingerprint density at radius 2 is 2.32 bits per heavy atom. The number of rotatable bonds is 3. The molecule has 100 valence electrons. The molecule has 2 unspecified atom stereocenters. The number of nitrogens with zero attached hydrogens (tertiary/aromatic N) is 2. The number of benzene rings is 1. The average Bonchev–Trinajstić information content (AvgIpc) is 2.94. The first-order chi connectivity index (χ1) is 9.17. The van der Waals surface area contributed by atoms with E-state index in [2.05, 4.69) is 11.4 Å². The van der Waals surface area contributed by atoms with E-state index in [0.29, 0.717) is 18.8 Å². The molecule has 2 rings (SSSR count). The average molecular weight is 259 g/mol. The van der Waals surface area contributed by atoms with Crippen LogP contribution in [0, 0.1) is 17.2 Å². The summed E-state index contributed by atoms with van der Waals surface area (Å²) in [4.78, 5) is 14.0. The summed E-state index contributed by atoms with van der Waals surface area (Å²) in [6.07, 6.45) is 0. The number of hydrogen-bond acceptors (Lipinski definition) is 4. The monoisotopic (exact) mass is 259 g/mol. The van der Waals surface area contributed by atoms with Gasteiger partial charge in [0.25, 0.3) is 0 Å². The van der Waals surface area contributed by atoms with E-state index in [1.54, 1.807) is 30.1 Å². The molecule has 1 amide bonds. The number of ether oxygens (including phenoxy) is 1. The second-order valence-corrected chi connectivity index (χ2v) is 4.60. The summed E-state index contributed by atoms with van der Waals surface area (Å²) < 4.78 is 5.35. The van der Waals surface area contributed by atoms with Crippen molar-refractivity contribution in [3.63, 3.8) is 0 Å². The quantitative estimate of drug-likeness (QED) is 0.870. The number of carbonyl (C=O) groups excluding carboxylic acids is 1. The Labute approximate surface area is 112 Å². The molecule has 5 heteroatoms. The van der Waals surface area contributed by atoms with Crippen molar-refractivity contribution in [3.05, 3.63) is 29.8 Å². The number of nitrogens with one attached hydrogen (secondary N) is 1. The SMILES string of the molecule is CNC1COCC1C(=O)N(C)c1cccc(C#N)c1. The van der Waals surface area contributed by atoms with Crippen LogP contribution >= 0.6 is 0 Å². The smallest absolute Gasteiger partial charge is 0.233 e. The highest BCUT2D eigenvalue weighted by Gasteiger charge is 2.35. The molecule has 1 aromatic carbocycles. The van der Waals surface area contributed by atoms with Gasteiger partial charge in [-0.25, -0.2) is 0 Å². The molecule has 2 atom stereocenters. The number of likely N-dealkylation sites (N-methyl/N-ethyl adjacent to an activating group) is 1. The number of hydrogen-bond donors (Lipinski definition) is 1. The molecular formula is C14H17N3O2. The molecule has 1 N–H and O–H groups in total. The normalized spacial score (nSPS) is 21.9. The van der Waals surface area contributed by atoms with E-state index >= 15 is 0 Å². The molecule has 1 aliphatic heterocycles. The molecule has 1 heterocycles. The van der Waals surface area contributed by atoms with Gasteiger partial charge in [0.1, 0.15) is 0 Å². The Morgan fingerprint density at radius 3 is 3.00 bits per heavy atom. The van der Waals surface area contributed by atoms with E-state index in [9.17, 15) is 4.79 Å². The van der Waals surface area contributed by atoms with Gasteiger partial charge < -0.3 is 15.0 Å². The highest BCUT2D eigenvalue weighted by atomic mass is 16.5. The van der Waals surface area contributed by atoms with Gasteiger partial charge in [-0.3, -0.25) is 4.79 Å². The summed E-state index contributed by atoms with van der Waals surface area (Å²) in [6.45, 7) is 0.992. The van der Waals surface area contributed by atoms with Crippen molar-refractivity contribution in [2.24, 2.45) is 5.92 Å². The summed E-state index contributed by atoms with van der Waals surface area (Å²) >= 11 is 0. The number of carbonyl (C=O) groups is 1. The van der Waals surface area contributed by atoms with Crippen molar-refractivity contribution < 1.29 is 9.53 Å². The predicted molar refractivity (Wildman–Crippen MR) is 71.7 cm³/mol. The fraction of sp³-hybridized carbons (Fsp3) is 0.429. The maximum atomic E-state index is 12.4. The van der Waals surface area contributed by atoms with Gasteiger partial charge in [-0.15, -0.1) is 0 Å². The third kappa shape index (κ3) is 2.75. The standard InChI is InChI=1S/C14H17N3O2/c1-16-13-9-19-8-12(13)14(18)17(2)11-5-3-4-10(6-11)7-15/h3-6,12-13,16H,8-9H2,1-2H3. The Morgan fingerprint density at radius 1 is 1.53 bits per heavy atom. The highest BCUT2D eigenvalue weighted by molar-refractivity contribution is 5.95. The highest BCUT2D eigenvalue weighted by Crippen LogP contribution is 2.21. The van der Waals surface area contributed by atoms with Crippen LogP contribution in [0.3, 0.4) is 0 Å². The van der Waals surface area contributed by atoms with Crippen molar-refractivity contribution in [2.45, 2.75) is 6.04 Å². The minimum Gasteiger partial charge on any atom is -0.379 e. The summed E-state index contributed by atoms with van der Waals surface area (Å²) in [6, 6.07) is 9.15. The van der Waals surface area contributed by atoms with Crippen molar-refractivity contribution in [2.75, 3.05) is 32.2 Å². The van der Waals surface area contributed by atoms with Crippen molar-refractivity contribution in [1.29, 1.82) is 5.26 Å². The first-order valence-electron chi connectivity index (χ1n) is 6.20. The minimum atomic E-state index is -0.180. The molecule has 0 bridgehead atoms. The fourth-order valence-electron chi connectivity index (χ4n) is 2.24. The van der Waals surface area contributed by atoms with E-state index in [-0.39, 0.29) is 17.9 Å². The number of nitriles is 1. The van der Waals surface area contributed by atoms with Crippen LogP contribution in [0.15, 0.2) is 24.3 Å². The Kier molecular flexibility index (Phi) is 4.15. The second kappa shape index (κ2) is 5.83. The summed E-state index contributed by atoms with van der Waals surface area (Å²) in [7, 11) is 3.56. The Bertz CT molecular complexity index is 510. The molecule has 1 aromatic rings. The van der Waals surface area contributed by atoms with Crippen LogP contribution in [0.4, 0.5) is 5.69 Å². The molecule has 1 saturated heterocycles. The third-order valence-electron chi connectivity index (χ3n) is 3.46. The predicted octanol–water partition coefficient (Wildman–Crippen LogP) is 0.755. The Balaban J connectivity index is 2.16. The summed E-state index contributed by atoms with van der Waals surface area (Å²) in [5.41, 5.74) is 1.27. The van der Waals surface area contributed by atoms with E-state index in [4.69, 9.17) is 10.00 Å². The maximum Gasteiger partial charge on any atom is 0.233 e. The van der Waals surface area contributed by atoms with E-state index < -0.39 is 0 Å². The van der Waals surface area contributed by atoms with Gasteiger partial charge in [0, 0.05) is 18.8 Å². The molecular weight excluding hydrogens is 242 g/mol. The van der Waals surface area contributed by atoms with Crippen molar-refractivity contribution in [1.82, 2.24) is 5.32 Å². The largest absolute Gasteiger partial charge is 0.379 e. The minimum absolute atomic E-state index is 0.00643. The van der Waals surface area contributed by atoms with Gasteiger partial charge in [0.15, 0.2) is 0 Å². The molecule has 19 heavy (non-hydrogen) atoms. The zero-order valence-corrected chi connectivity index (χ0v) is 11.1. The second-order valence-electron chi connectivity index (χ2n) is 4.60. The van der Waals surface area contributed by atoms with E-state index in [1.165, 1.54) is 0 Å². The molecule has 1 aliphatic rings. The third-order valence-corrected chi connectivity index (χ3v) is 3.46. The Hall–Kier alpha value is -1.90. The van der Waals surface area contributed by atoms with Crippen LogP contribution in [0.25, 0.3) is 0 Å². The summed E-state index contributed by atoms with van der Waals surface area (Å²) in [5.74, 6) is -0.173. The first kappa shape index (κ1) is 13.5. The van der Waals surface area contributed by atoms with Crippen molar-refractivity contribution >= 4 is 11.6 Å². The molecule has 0 aromatic heterocycles. The van der Waals surface area contributed by atoms with Crippen LogP contribution in [-0.4, -0.2) is 39.3 Å². The van der Waals surface area contributed by atoms with Gasteiger partial charge in [0.05, 0.1) is 30.8 Å². The fourth-order valence-corrected chi connectivity index (χ4v) is 2.24. The molecule has 0 spiro atoms. The van der Waals surface area contributed by atoms with Crippen LogP contribution in [0.1, 0.15) is 5.56 Å². The first-order valence-corrected chi connectivity index (χ1v) is 6.20. The van der Waals surface area contributed by atoms with Gasteiger partial charge in [0.2, 0.25) is 5.91 Å². The molecule has 0 radical (unpaired) electrons. The lowest BCUT2D eigenvalue weighted by Gasteiger charge is -2.23. The maximum absolute atomic E-state index is 12.4. The summed E-state index contributed by atoms with van der Waals surface area (Å²) in [5, 5.41) is 12.0. The number of amides is 1. The van der Waals surface area contributed by atoms with Crippen LogP contribution in [0.5, 0.6) is 0 Å². The van der Waals surface area contributed by atoms with Crippen molar-refractivity contribution in [3.8, 4) is 6.07 Å². The lowest BCUT2D eigenvalue weighted by atomic mass is 10.0. The molecule has 5 nitrogen and oxygen atoms in total. The van der Waals surface area contributed by atoms with Gasteiger partial charge >= 0.3 is 0 Å². The molecule has 0 aliphatic carbocycles. The molecule has 1 fully saturated rings. The van der Waals surface area contributed by atoms with E-state index in [0.717, 1.165) is 5.69 Å². The number of anilines is 1.